The zero-order chi connectivity index (χ0) is 12.5. The molecule has 0 saturated heterocycles. The Morgan fingerprint density at radius 3 is 2.78 bits per heavy atom. The second kappa shape index (κ2) is 4.60. The fourth-order valence-corrected chi connectivity index (χ4v) is 3.20. The second-order valence-electron chi connectivity index (χ2n) is 5.29. The molecular weight excluding hydrogens is 224 g/mol. The largest absolute Gasteiger partial charge is 0.459 e. The molecule has 0 bridgehead atoms. The third kappa shape index (κ3) is 1.96. The van der Waals surface area contributed by atoms with Gasteiger partial charge in [0.15, 0.2) is 0 Å². The van der Waals surface area contributed by atoms with Crippen molar-refractivity contribution < 1.29 is 9.53 Å². The smallest absolute Gasteiger partial charge is 0.334 e. The minimum atomic E-state index is -0.0858. The van der Waals surface area contributed by atoms with E-state index in [0.717, 1.165) is 24.8 Å². The van der Waals surface area contributed by atoms with Crippen molar-refractivity contribution in [2.75, 3.05) is 0 Å². The highest BCUT2D eigenvalue weighted by atomic mass is 16.5. The van der Waals surface area contributed by atoms with E-state index in [0.29, 0.717) is 0 Å². The zero-order valence-corrected chi connectivity index (χ0v) is 10.7. The molecule has 0 N–H and O–H groups in total. The van der Waals surface area contributed by atoms with Crippen LogP contribution in [-0.4, -0.2) is 12.1 Å². The Balaban J connectivity index is 2.01. The number of ether oxygens (including phenoxy) is 1. The summed E-state index contributed by atoms with van der Waals surface area (Å²) < 4.78 is 5.41. The summed E-state index contributed by atoms with van der Waals surface area (Å²) >= 11 is 0. The minimum absolute atomic E-state index is 0.0470. The van der Waals surface area contributed by atoms with Crippen LogP contribution in [0.25, 0.3) is 0 Å². The molecule has 0 spiro atoms. The number of rotatable bonds is 1. The molecule has 1 aliphatic carbocycles. The summed E-state index contributed by atoms with van der Waals surface area (Å²) in [6.45, 7) is 1.98. The molecule has 1 heterocycles. The van der Waals surface area contributed by atoms with Gasteiger partial charge < -0.3 is 4.74 Å². The van der Waals surface area contributed by atoms with Crippen LogP contribution in [-0.2, 0) is 9.53 Å². The van der Waals surface area contributed by atoms with Gasteiger partial charge in [0, 0.05) is 17.9 Å². The van der Waals surface area contributed by atoms with E-state index in [1.807, 2.05) is 25.1 Å². The van der Waals surface area contributed by atoms with Crippen molar-refractivity contribution >= 4 is 5.97 Å². The van der Waals surface area contributed by atoms with Crippen molar-refractivity contribution in [2.45, 2.75) is 44.6 Å². The number of benzene rings is 1. The summed E-state index contributed by atoms with van der Waals surface area (Å²) in [5.41, 5.74) is 3.53. The Hall–Kier alpha value is -1.57. The molecule has 2 aliphatic rings. The van der Waals surface area contributed by atoms with E-state index < -0.39 is 0 Å². The van der Waals surface area contributed by atoms with Crippen molar-refractivity contribution in [1.29, 1.82) is 0 Å². The van der Waals surface area contributed by atoms with Crippen LogP contribution < -0.4 is 0 Å². The molecule has 0 saturated carbocycles. The molecule has 2 atom stereocenters. The SMILES string of the molecule is C[C@H]1CC2=C(C(=O)O1)[C@@H](c1ccccc1)CCC2. The van der Waals surface area contributed by atoms with Crippen LogP contribution in [0.15, 0.2) is 41.5 Å². The van der Waals surface area contributed by atoms with Crippen molar-refractivity contribution in [3.8, 4) is 0 Å². The third-order valence-electron chi connectivity index (χ3n) is 3.96. The molecule has 0 fully saturated rings. The Kier molecular flexibility index (Phi) is 2.94. The number of esters is 1. The van der Waals surface area contributed by atoms with Gasteiger partial charge in [-0.25, -0.2) is 4.79 Å². The third-order valence-corrected chi connectivity index (χ3v) is 3.96. The first-order valence-corrected chi connectivity index (χ1v) is 6.73. The lowest BCUT2D eigenvalue weighted by atomic mass is 9.76. The highest BCUT2D eigenvalue weighted by molar-refractivity contribution is 5.92. The second-order valence-corrected chi connectivity index (χ2v) is 5.29. The molecule has 0 amide bonds. The van der Waals surface area contributed by atoms with Crippen LogP contribution in [0.4, 0.5) is 0 Å². The van der Waals surface area contributed by atoms with E-state index in [1.165, 1.54) is 17.6 Å². The van der Waals surface area contributed by atoms with Crippen LogP contribution in [0.3, 0.4) is 0 Å². The molecular formula is C16H18O2. The fraction of sp³-hybridized carbons (Fsp3) is 0.438. The first kappa shape index (κ1) is 11.5. The fourth-order valence-electron chi connectivity index (χ4n) is 3.20. The monoisotopic (exact) mass is 242 g/mol. The van der Waals surface area contributed by atoms with Gasteiger partial charge in [-0.05, 0) is 31.7 Å². The molecule has 94 valence electrons. The van der Waals surface area contributed by atoms with Crippen molar-refractivity contribution in [2.24, 2.45) is 0 Å². The van der Waals surface area contributed by atoms with E-state index in [2.05, 4.69) is 12.1 Å². The van der Waals surface area contributed by atoms with Crippen LogP contribution in [0.5, 0.6) is 0 Å². The van der Waals surface area contributed by atoms with Crippen molar-refractivity contribution in [3.63, 3.8) is 0 Å². The van der Waals surface area contributed by atoms with Gasteiger partial charge in [0.25, 0.3) is 0 Å². The molecule has 2 heteroatoms. The van der Waals surface area contributed by atoms with Gasteiger partial charge in [-0.15, -0.1) is 0 Å². The Bertz CT molecular complexity index is 487. The van der Waals surface area contributed by atoms with Gasteiger partial charge >= 0.3 is 5.97 Å². The van der Waals surface area contributed by atoms with E-state index >= 15 is 0 Å². The summed E-state index contributed by atoms with van der Waals surface area (Å²) in [6.07, 6.45) is 4.28. The first-order valence-electron chi connectivity index (χ1n) is 6.73. The van der Waals surface area contributed by atoms with Crippen molar-refractivity contribution in [1.82, 2.24) is 0 Å². The van der Waals surface area contributed by atoms with E-state index in [-0.39, 0.29) is 18.0 Å². The van der Waals surface area contributed by atoms with Crippen LogP contribution in [0.1, 0.15) is 44.1 Å². The number of carbonyl (C=O) groups excluding carboxylic acids is 1. The maximum Gasteiger partial charge on any atom is 0.334 e. The Labute approximate surface area is 108 Å². The van der Waals surface area contributed by atoms with Gasteiger partial charge in [-0.2, -0.15) is 0 Å². The highest BCUT2D eigenvalue weighted by Crippen LogP contribution is 2.42. The number of cyclic esters (lactones) is 1. The number of carbonyl (C=O) groups is 1. The maximum atomic E-state index is 12.1. The lowest BCUT2D eigenvalue weighted by Crippen LogP contribution is -2.29. The Morgan fingerprint density at radius 2 is 2.00 bits per heavy atom. The van der Waals surface area contributed by atoms with Crippen LogP contribution >= 0.6 is 0 Å². The van der Waals surface area contributed by atoms with Crippen molar-refractivity contribution in [3.05, 3.63) is 47.0 Å². The average Bonchev–Trinajstić information content (AvgIpc) is 2.38. The highest BCUT2D eigenvalue weighted by Gasteiger charge is 2.34. The summed E-state index contributed by atoms with van der Waals surface area (Å²) in [4.78, 5) is 12.1. The standard InChI is InChI=1S/C16H18O2/c1-11-10-13-8-5-9-14(15(13)16(17)18-11)12-6-3-2-4-7-12/h2-4,6-7,11,14H,5,8-10H2,1H3/t11-,14+/m0/s1. The van der Waals surface area contributed by atoms with E-state index in [9.17, 15) is 4.79 Å². The number of hydrogen-bond donors (Lipinski definition) is 0. The quantitative estimate of drug-likeness (QED) is 0.703. The van der Waals surface area contributed by atoms with Gasteiger partial charge in [-0.3, -0.25) is 0 Å². The maximum absolute atomic E-state index is 12.1. The number of hydrogen-bond acceptors (Lipinski definition) is 2. The lowest BCUT2D eigenvalue weighted by molar-refractivity contribution is -0.145. The predicted molar refractivity (Wildman–Crippen MR) is 70.2 cm³/mol. The van der Waals surface area contributed by atoms with Crippen LogP contribution in [0.2, 0.25) is 0 Å². The van der Waals surface area contributed by atoms with Gasteiger partial charge in [0.1, 0.15) is 6.10 Å². The topological polar surface area (TPSA) is 26.3 Å². The molecule has 1 aromatic carbocycles. The molecule has 18 heavy (non-hydrogen) atoms. The van der Waals surface area contributed by atoms with Gasteiger partial charge in [-0.1, -0.05) is 35.9 Å². The normalized spacial score (nSPS) is 27.7. The Morgan fingerprint density at radius 1 is 1.22 bits per heavy atom. The molecule has 3 rings (SSSR count). The van der Waals surface area contributed by atoms with Gasteiger partial charge in [0.2, 0.25) is 0 Å². The van der Waals surface area contributed by atoms with Gasteiger partial charge in [0.05, 0.1) is 0 Å². The summed E-state index contributed by atoms with van der Waals surface area (Å²) in [7, 11) is 0. The molecule has 1 aromatic rings. The van der Waals surface area contributed by atoms with E-state index in [4.69, 9.17) is 4.74 Å². The lowest BCUT2D eigenvalue weighted by Gasteiger charge is -2.33. The first-order chi connectivity index (χ1) is 8.75. The molecule has 0 unspecified atom stereocenters. The molecule has 1 aliphatic heterocycles. The molecule has 0 aromatic heterocycles. The summed E-state index contributed by atoms with van der Waals surface area (Å²) in [5.74, 6) is 0.159. The molecule has 0 radical (unpaired) electrons. The minimum Gasteiger partial charge on any atom is -0.459 e. The van der Waals surface area contributed by atoms with E-state index in [1.54, 1.807) is 0 Å². The summed E-state index contributed by atoms with van der Waals surface area (Å²) in [6, 6.07) is 10.3. The molecule has 2 nitrogen and oxygen atoms in total. The zero-order valence-electron chi connectivity index (χ0n) is 10.7. The average molecular weight is 242 g/mol. The predicted octanol–water partition coefficient (Wildman–Crippen LogP) is 3.59. The summed E-state index contributed by atoms with van der Waals surface area (Å²) in [5, 5.41) is 0. The van der Waals surface area contributed by atoms with Crippen LogP contribution in [0, 0.1) is 0 Å².